The van der Waals surface area contributed by atoms with E-state index in [0.717, 1.165) is 49.9 Å². The Morgan fingerprint density at radius 1 is 0.968 bits per heavy atom. The number of benzene rings is 2. The van der Waals surface area contributed by atoms with E-state index in [1.807, 2.05) is 24.3 Å². The highest BCUT2D eigenvalue weighted by molar-refractivity contribution is 5.94. The zero-order valence-corrected chi connectivity index (χ0v) is 18.6. The maximum Gasteiger partial charge on any atom is 0.251 e. The molecule has 2 aromatic carbocycles. The third-order valence-electron chi connectivity index (χ3n) is 7.14. The Balaban J connectivity index is 1.61. The summed E-state index contributed by atoms with van der Waals surface area (Å²) >= 11 is 0. The van der Waals surface area contributed by atoms with Gasteiger partial charge in [-0.2, -0.15) is 0 Å². The van der Waals surface area contributed by atoms with Crippen molar-refractivity contribution in [2.45, 2.75) is 43.6 Å². The van der Waals surface area contributed by atoms with Crippen molar-refractivity contribution < 1.29 is 9.59 Å². The number of piperazine rings is 1. The lowest BCUT2D eigenvalue weighted by molar-refractivity contribution is -0.141. The first-order valence-electron chi connectivity index (χ1n) is 11.4. The summed E-state index contributed by atoms with van der Waals surface area (Å²) in [5, 5.41) is 2.70. The molecule has 4 rings (SSSR count). The van der Waals surface area contributed by atoms with E-state index in [4.69, 9.17) is 0 Å². The molecule has 164 valence electrons. The number of likely N-dealkylation sites (N-methyl/N-ethyl adjacent to an activating group) is 1. The van der Waals surface area contributed by atoms with E-state index in [9.17, 15) is 9.59 Å². The van der Waals surface area contributed by atoms with Crippen molar-refractivity contribution in [1.29, 1.82) is 0 Å². The van der Waals surface area contributed by atoms with Crippen LogP contribution in [0.25, 0.3) is 0 Å². The monoisotopic (exact) mass is 419 g/mol. The number of carbonyl (C=O) groups is 2. The van der Waals surface area contributed by atoms with Gasteiger partial charge in [-0.1, -0.05) is 61.7 Å². The number of nitrogens with one attached hydrogen (secondary N) is 1. The molecule has 2 aliphatic rings. The van der Waals surface area contributed by atoms with E-state index >= 15 is 0 Å². The summed E-state index contributed by atoms with van der Waals surface area (Å²) in [5.74, 6) is 0.192. The van der Waals surface area contributed by atoms with Gasteiger partial charge in [0, 0.05) is 32.2 Å². The van der Waals surface area contributed by atoms with Crippen LogP contribution in [0, 0.1) is 0 Å². The first-order chi connectivity index (χ1) is 15.0. The quantitative estimate of drug-likeness (QED) is 0.821. The number of nitrogens with zero attached hydrogens (tertiary/aromatic N) is 2. The van der Waals surface area contributed by atoms with E-state index in [1.54, 1.807) is 7.05 Å². The largest absolute Gasteiger partial charge is 0.355 e. The van der Waals surface area contributed by atoms with Gasteiger partial charge in [-0.05, 0) is 43.1 Å². The van der Waals surface area contributed by atoms with E-state index in [2.05, 4.69) is 52.5 Å². The van der Waals surface area contributed by atoms with Gasteiger partial charge in [0.25, 0.3) is 5.91 Å². The molecule has 0 unspecified atom stereocenters. The lowest BCUT2D eigenvalue weighted by Crippen LogP contribution is -2.55. The van der Waals surface area contributed by atoms with Crippen molar-refractivity contribution in [3.63, 3.8) is 0 Å². The lowest BCUT2D eigenvalue weighted by Gasteiger charge is -2.45. The Morgan fingerprint density at radius 3 is 2.42 bits per heavy atom. The van der Waals surface area contributed by atoms with Gasteiger partial charge in [-0.15, -0.1) is 0 Å². The fourth-order valence-corrected chi connectivity index (χ4v) is 5.29. The summed E-state index contributed by atoms with van der Waals surface area (Å²) in [5.41, 5.74) is 2.50. The number of rotatable bonds is 4. The Labute approximate surface area is 185 Å². The van der Waals surface area contributed by atoms with Crippen LogP contribution in [0.3, 0.4) is 0 Å². The van der Waals surface area contributed by atoms with Crippen LogP contribution in [-0.4, -0.2) is 55.3 Å². The number of hydrogen-bond donors (Lipinski definition) is 1. The molecule has 5 heteroatoms. The second-order valence-corrected chi connectivity index (χ2v) is 8.96. The van der Waals surface area contributed by atoms with Crippen molar-refractivity contribution in [3.8, 4) is 0 Å². The van der Waals surface area contributed by atoms with Crippen LogP contribution in [-0.2, 0) is 10.2 Å². The van der Waals surface area contributed by atoms with E-state index in [-0.39, 0.29) is 17.9 Å². The lowest BCUT2D eigenvalue weighted by atomic mass is 9.68. The molecule has 1 atom stereocenters. The highest BCUT2D eigenvalue weighted by atomic mass is 16.2. The summed E-state index contributed by atoms with van der Waals surface area (Å²) in [6.45, 7) is 2.22. The minimum Gasteiger partial charge on any atom is -0.355 e. The maximum absolute atomic E-state index is 14.0. The van der Waals surface area contributed by atoms with Crippen LogP contribution < -0.4 is 5.32 Å². The third-order valence-corrected chi connectivity index (χ3v) is 7.14. The molecule has 0 radical (unpaired) electrons. The van der Waals surface area contributed by atoms with Crippen LogP contribution in [0.5, 0.6) is 0 Å². The molecule has 1 aliphatic heterocycles. The average Bonchev–Trinajstić information content (AvgIpc) is 2.84. The van der Waals surface area contributed by atoms with Gasteiger partial charge >= 0.3 is 0 Å². The first kappa shape index (κ1) is 21.6. The molecule has 2 aromatic rings. The zero-order chi connectivity index (χ0) is 21.8. The van der Waals surface area contributed by atoms with Gasteiger partial charge in [0.2, 0.25) is 5.91 Å². The molecule has 5 nitrogen and oxygen atoms in total. The highest BCUT2D eigenvalue weighted by Gasteiger charge is 2.44. The van der Waals surface area contributed by atoms with E-state index in [1.165, 1.54) is 6.42 Å². The molecule has 1 saturated carbocycles. The van der Waals surface area contributed by atoms with Crippen LogP contribution in [0.15, 0.2) is 54.6 Å². The molecular formula is C26H33N3O2. The molecule has 0 bridgehead atoms. The Morgan fingerprint density at radius 2 is 1.71 bits per heavy atom. The van der Waals surface area contributed by atoms with Crippen molar-refractivity contribution in [1.82, 2.24) is 15.1 Å². The molecule has 1 aliphatic carbocycles. The predicted octanol–water partition coefficient (Wildman–Crippen LogP) is 3.76. The highest BCUT2D eigenvalue weighted by Crippen LogP contribution is 2.42. The van der Waals surface area contributed by atoms with Crippen LogP contribution in [0.1, 0.15) is 59.6 Å². The maximum atomic E-state index is 14.0. The molecule has 0 aromatic heterocycles. The predicted molar refractivity (Wildman–Crippen MR) is 123 cm³/mol. The minimum absolute atomic E-state index is 0.0821. The minimum atomic E-state index is -0.399. The molecule has 1 heterocycles. The van der Waals surface area contributed by atoms with Gasteiger partial charge in [0.15, 0.2) is 0 Å². The van der Waals surface area contributed by atoms with Crippen molar-refractivity contribution in [3.05, 3.63) is 71.3 Å². The normalized spacial score (nSPS) is 21.5. The molecule has 0 spiro atoms. The Kier molecular flexibility index (Phi) is 6.42. The second kappa shape index (κ2) is 9.23. The van der Waals surface area contributed by atoms with E-state index in [0.29, 0.717) is 12.1 Å². The Hall–Kier alpha value is -2.66. The zero-order valence-electron chi connectivity index (χ0n) is 18.6. The molecule has 2 fully saturated rings. The van der Waals surface area contributed by atoms with Gasteiger partial charge < -0.3 is 10.2 Å². The van der Waals surface area contributed by atoms with E-state index < -0.39 is 5.41 Å². The van der Waals surface area contributed by atoms with Gasteiger partial charge in [-0.3, -0.25) is 14.5 Å². The van der Waals surface area contributed by atoms with Crippen molar-refractivity contribution in [2.24, 2.45) is 0 Å². The summed E-state index contributed by atoms with van der Waals surface area (Å²) in [6.07, 6.45) is 5.27. The molecule has 1 saturated heterocycles. The van der Waals surface area contributed by atoms with Crippen molar-refractivity contribution >= 4 is 11.8 Å². The molecule has 31 heavy (non-hydrogen) atoms. The van der Waals surface area contributed by atoms with Gasteiger partial charge in [-0.25, -0.2) is 0 Å². The van der Waals surface area contributed by atoms with Gasteiger partial charge in [0.1, 0.15) is 0 Å². The summed E-state index contributed by atoms with van der Waals surface area (Å²) in [4.78, 5) is 30.5. The van der Waals surface area contributed by atoms with Crippen LogP contribution in [0.2, 0.25) is 0 Å². The third kappa shape index (κ3) is 4.24. The van der Waals surface area contributed by atoms with Crippen LogP contribution >= 0.6 is 0 Å². The molecular weight excluding hydrogens is 386 g/mol. The second-order valence-electron chi connectivity index (χ2n) is 8.96. The number of hydrogen-bond acceptors (Lipinski definition) is 3. The molecule has 1 N–H and O–H groups in total. The first-order valence-corrected chi connectivity index (χ1v) is 11.4. The fourth-order valence-electron chi connectivity index (χ4n) is 5.29. The Bertz CT molecular complexity index is 921. The summed E-state index contributed by atoms with van der Waals surface area (Å²) in [7, 11) is 3.75. The topological polar surface area (TPSA) is 52.7 Å². The standard InChI is InChI=1S/C26H33N3O2/c1-27-24(30)21-11-9-10-20(18-21)23-19-29(17-16-28(23)2)25(31)26(14-7-4-8-15-26)22-12-5-3-6-13-22/h3,5-6,9-13,18,23H,4,7-8,14-17,19H2,1-2H3,(H,27,30)/t23-/m1/s1. The van der Waals surface area contributed by atoms with Gasteiger partial charge in [0.05, 0.1) is 11.5 Å². The smallest absolute Gasteiger partial charge is 0.251 e. The average molecular weight is 420 g/mol. The molecule has 2 amide bonds. The summed E-state index contributed by atoms with van der Waals surface area (Å²) in [6, 6.07) is 18.3. The van der Waals surface area contributed by atoms with Crippen LogP contribution in [0.4, 0.5) is 0 Å². The summed E-state index contributed by atoms with van der Waals surface area (Å²) < 4.78 is 0. The van der Waals surface area contributed by atoms with Crippen molar-refractivity contribution in [2.75, 3.05) is 33.7 Å². The number of carbonyl (C=O) groups excluding carboxylic acids is 2. The number of amides is 2. The SMILES string of the molecule is CNC(=O)c1cccc([C@H]2CN(C(=O)C3(c4ccccc4)CCCCC3)CCN2C)c1. The fraction of sp³-hybridized carbons (Fsp3) is 0.462.